The second-order valence-electron chi connectivity index (χ2n) is 13.4. The fourth-order valence-corrected chi connectivity index (χ4v) is 9.15. The smallest absolute Gasteiger partial charge is 0.142 e. The predicted molar refractivity (Wildman–Crippen MR) is 210 cm³/mol. The number of hydrogen-bond acceptors (Lipinski definition) is 6. The molecule has 2 unspecified atom stereocenters. The molecule has 1 aliphatic heterocycles. The highest BCUT2D eigenvalue weighted by atomic mass is 32.1. The Hall–Kier alpha value is -5.95. The molecule has 2 aliphatic rings. The van der Waals surface area contributed by atoms with E-state index in [4.69, 9.17) is 13.8 Å². The summed E-state index contributed by atoms with van der Waals surface area (Å²) in [4.78, 5) is 5.37. The molecule has 51 heavy (non-hydrogen) atoms. The molecule has 11 rings (SSSR count). The largest absolute Gasteiger partial charge is 0.456 e. The number of furan rings is 2. The molecule has 2 N–H and O–H groups in total. The molecular weight excluding hydrogens is 647 g/mol. The molecule has 0 saturated heterocycles. The Balaban J connectivity index is 1.02. The monoisotopic (exact) mass is 677 g/mol. The normalized spacial score (nSPS) is 17.4. The maximum Gasteiger partial charge on any atom is 0.142 e. The standard InChI is InChI=1S/C45H31N3O2S/c1-2-10-26(11-3-1)43-46-44(48-45(47-43)34-16-9-19-40-41(34)33-13-5-7-18-39(33)51-40)28-21-23-37-35(24-28)31-22-20-27(25-38(31)49-37)29-14-8-15-32-30-12-4-6-17-36(30)50-42(29)32/h1-3,5-11,13-25,43-44,46H,4,12H2,(H,47,48). The zero-order valence-corrected chi connectivity index (χ0v) is 28.3. The first kappa shape index (κ1) is 28.8. The number of nitrogens with zero attached hydrogens (tertiary/aromatic N) is 1. The lowest BCUT2D eigenvalue weighted by molar-refractivity contribution is 0.409. The third-order valence-electron chi connectivity index (χ3n) is 10.5. The van der Waals surface area contributed by atoms with Crippen LogP contribution in [0.2, 0.25) is 0 Å². The first-order chi connectivity index (χ1) is 25.2. The van der Waals surface area contributed by atoms with E-state index in [0.717, 1.165) is 79.8 Å². The van der Waals surface area contributed by atoms with Gasteiger partial charge in [-0.15, -0.1) is 11.3 Å². The van der Waals surface area contributed by atoms with Crippen LogP contribution in [0.4, 0.5) is 0 Å². The van der Waals surface area contributed by atoms with Gasteiger partial charge >= 0.3 is 0 Å². The molecule has 0 saturated carbocycles. The highest BCUT2D eigenvalue weighted by Gasteiger charge is 2.27. The molecule has 9 aromatic rings. The summed E-state index contributed by atoms with van der Waals surface area (Å²) in [6.45, 7) is 0. The van der Waals surface area contributed by atoms with Crippen molar-refractivity contribution >= 4 is 76.3 Å². The van der Waals surface area contributed by atoms with Crippen molar-refractivity contribution in [3.8, 4) is 11.1 Å². The van der Waals surface area contributed by atoms with E-state index < -0.39 is 0 Å². The Morgan fingerprint density at radius 1 is 0.647 bits per heavy atom. The number of nitrogens with one attached hydrogen (secondary N) is 2. The van der Waals surface area contributed by atoms with Gasteiger partial charge in [-0.3, -0.25) is 5.32 Å². The van der Waals surface area contributed by atoms with Crippen LogP contribution in [0.3, 0.4) is 0 Å². The molecule has 0 amide bonds. The van der Waals surface area contributed by atoms with Crippen molar-refractivity contribution in [2.24, 2.45) is 4.99 Å². The van der Waals surface area contributed by atoms with E-state index in [1.807, 2.05) is 11.3 Å². The Bertz CT molecular complexity index is 2890. The average Bonchev–Trinajstić information content (AvgIpc) is 3.88. The zero-order valence-electron chi connectivity index (χ0n) is 27.5. The molecule has 6 heteroatoms. The van der Waals surface area contributed by atoms with Crippen molar-refractivity contribution in [2.75, 3.05) is 0 Å². The van der Waals surface area contributed by atoms with Crippen LogP contribution in [0.5, 0.6) is 0 Å². The number of aliphatic imine (C=N–C) groups is 1. The van der Waals surface area contributed by atoms with Gasteiger partial charge in [0.1, 0.15) is 40.7 Å². The van der Waals surface area contributed by atoms with E-state index in [-0.39, 0.29) is 12.3 Å². The van der Waals surface area contributed by atoms with Crippen molar-refractivity contribution in [3.63, 3.8) is 0 Å². The number of benzene rings is 6. The van der Waals surface area contributed by atoms with Crippen LogP contribution < -0.4 is 10.6 Å². The summed E-state index contributed by atoms with van der Waals surface area (Å²) in [6, 6.07) is 45.2. The summed E-state index contributed by atoms with van der Waals surface area (Å²) < 4.78 is 15.5. The van der Waals surface area contributed by atoms with Crippen molar-refractivity contribution in [2.45, 2.75) is 25.2 Å². The molecule has 4 heterocycles. The number of aryl methyl sites for hydroxylation is 1. The third-order valence-corrected chi connectivity index (χ3v) is 11.6. The Morgan fingerprint density at radius 2 is 1.49 bits per heavy atom. The van der Waals surface area contributed by atoms with Crippen LogP contribution in [-0.2, 0) is 6.42 Å². The van der Waals surface area contributed by atoms with Crippen molar-refractivity contribution in [1.29, 1.82) is 0 Å². The van der Waals surface area contributed by atoms with Crippen LogP contribution in [0.1, 0.15) is 46.8 Å². The van der Waals surface area contributed by atoms with Crippen molar-refractivity contribution in [1.82, 2.24) is 10.6 Å². The van der Waals surface area contributed by atoms with Gasteiger partial charge in [-0.05, 0) is 72.0 Å². The van der Waals surface area contributed by atoms with Gasteiger partial charge < -0.3 is 14.2 Å². The number of para-hydroxylation sites is 1. The SMILES string of the molecule is C1=Cc2oc3c(-c4ccc5c(c4)oc4ccc(C6N=C(c7cccc8sc9ccccc9c78)NC(c7ccccc7)N6)cc45)cccc3c2CC1. The van der Waals surface area contributed by atoms with Gasteiger partial charge in [-0.1, -0.05) is 97.1 Å². The molecule has 3 aromatic heterocycles. The average molecular weight is 678 g/mol. The quantitative estimate of drug-likeness (QED) is 0.195. The summed E-state index contributed by atoms with van der Waals surface area (Å²) >= 11 is 1.83. The Labute approximate surface area is 297 Å². The summed E-state index contributed by atoms with van der Waals surface area (Å²) in [6.07, 6.45) is 5.95. The van der Waals surface area contributed by atoms with Gasteiger partial charge in [-0.25, -0.2) is 4.99 Å². The first-order valence-electron chi connectivity index (χ1n) is 17.5. The maximum absolute atomic E-state index is 6.50. The van der Waals surface area contributed by atoms with Crippen molar-refractivity contribution in [3.05, 3.63) is 161 Å². The second-order valence-corrected chi connectivity index (χ2v) is 14.5. The number of thiophene rings is 1. The lowest BCUT2D eigenvalue weighted by Crippen LogP contribution is -2.45. The number of amidine groups is 1. The molecule has 5 nitrogen and oxygen atoms in total. The van der Waals surface area contributed by atoms with E-state index in [9.17, 15) is 0 Å². The summed E-state index contributed by atoms with van der Waals surface area (Å²) in [5.74, 6) is 1.86. The zero-order chi connectivity index (χ0) is 33.5. The van der Waals surface area contributed by atoms with Crippen LogP contribution >= 0.6 is 11.3 Å². The molecule has 1 aliphatic carbocycles. The molecular formula is C45H31N3O2S. The van der Waals surface area contributed by atoms with Gasteiger partial charge in [0.2, 0.25) is 0 Å². The topological polar surface area (TPSA) is 62.7 Å². The van der Waals surface area contributed by atoms with E-state index in [0.29, 0.717) is 0 Å². The van der Waals surface area contributed by atoms with Crippen LogP contribution in [0.25, 0.3) is 70.3 Å². The lowest BCUT2D eigenvalue weighted by Gasteiger charge is -2.32. The molecule has 2 atom stereocenters. The maximum atomic E-state index is 6.50. The van der Waals surface area contributed by atoms with Crippen LogP contribution in [0, 0.1) is 0 Å². The summed E-state index contributed by atoms with van der Waals surface area (Å²) in [5.41, 5.74) is 9.47. The minimum atomic E-state index is -0.281. The minimum absolute atomic E-state index is 0.131. The van der Waals surface area contributed by atoms with Gasteiger partial charge in [0.25, 0.3) is 0 Å². The Morgan fingerprint density at radius 3 is 2.45 bits per heavy atom. The highest BCUT2D eigenvalue weighted by molar-refractivity contribution is 7.25. The molecule has 0 fully saturated rings. The van der Waals surface area contributed by atoms with E-state index in [2.05, 4.69) is 150 Å². The van der Waals surface area contributed by atoms with E-state index in [1.54, 1.807) is 0 Å². The number of allylic oxidation sites excluding steroid dienone is 1. The third kappa shape index (κ3) is 4.61. The second kappa shape index (κ2) is 11.3. The van der Waals surface area contributed by atoms with Crippen molar-refractivity contribution < 1.29 is 8.83 Å². The van der Waals surface area contributed by atoms with E-state index in [1.165, 1.54) is 31.1 Å². The predicted octanol–water partition coefficient (Wildman–Crippen LogP) is 11.7. The van der Waals surface area contributed by atoms with Gasteiger partial charge in [0.15, 0.2) is 0 Å². The molecule has 0 bridgehead atoms. The Kier molecular flexibility index (Phi) is 6.38. The fraction of sp³-hybridized carbons (Fsp3) is 0.0889. The molecule has 0 radical (unpaired) electrons. The molecule has 244 valence electrons. The van der Waals surface area contributed by atoms with Crippen LogP contribution in [0.15, 0.2) is 147 Å². The number of hydrogen-bond donors (Lipinski definition) is 2. The highest BCUT2D eigenvalue weighted by Crippen LogP contribution is 2.41. The molecule has 6 aromatic carbocycles. The fourth-order valence-electron chi connectivity index (χ4n) is 8.01. The first-order valence-corrected chi connectivity index (χ1v) is 18.3. The summed E-state index contributed by atoms with van der Waals surface area (Å²) in [7, 11) is 0. The van der Waals surface area contributed by atoms with Crippen LogP contribution in [-0.4, -0.2) is 5.84 Å². The minimum Gasteiger partial charge on any atom is -0.456 e. The number of fused-ring (bicyclic) bond motifs is 9. The van der Waals surface area contributed by atoms with Gasteiger partial charge in [0.05, 0.1) is 0 Å². The lowest BCUT2D eigenvalue weighted by atomic mass is 9.97. The van der Waals surface area contributed by atoms with Gasteiger partial charge in [0, 0.05) is 53.0 Å². The van der Waals surface area contributed by atoms with E-state index >= 15 is 0 Å². The number of rotatable bonds is 4. The van der Waals surface area contributed by atoms with Gasteiger partial charge in [-0.2, -0.15) is 0 Å². The molecule has 0 spiro atoms. The summed E-state index contributed by atoms with van der Waals surface area (Å²) in [5, 5.41) is 13.4.